The number of hydrogen-bond donors (Lipinski definition) is 0. The lowest BCUT2D eigenvalue weighted by molar-refractivity contribution is -0.253. The molecule has 0 atom stereocenters. The topological polar surface area (TPSA) is 52.6 Å². The molecule has 0 saturated heterocycles. The minimum Gasteiger partial charge on any atom is -0.469 e. The van der Waals surface area contributed by atoms with E-state index in [0.29, 0.717) is 0 Å². The van der Waals surface area contributed by atoms with Crippen molar-refractivity contribution in [2.75, 3.05) is 7.11 Å². The summed E-state index contributed by atoms with van der Waals surface area (Å²) in [5, 5.41) is 0. The van der Waals surface area contributed by atoms with E-state index in [1.165, 1.54) is 12.1 Å². The van der Waals surface area contributed by atoms with Crippen LogP contribution in [0.25, 0.3) is 0 Å². The lowest BCUT2D eigenvalue weighted by Gasteiger charge is -2.17. The van der Waals surface area contributed by atoms with Gasteiger partial charge in [-0.3, -0.25) is 9.59 Å². The zero-order valence-corrected chi connectivity index (χ0v) is 10.9. The molecule has 8 heteroatoms. The molecule has 0 saturated carbocycles. The quantitative estimate of drug-likeness (QED) is 0.441. The lowest BCUT2D eigenvalue weighted by atomic mass is 10.1. The summed E-state index contributed by atoms with van der Waals surface area (Å²) in [6.07, 6.45) is -9.00. The maximum Gasteiger partial charge on any atom is 0.461 e. The molecule has 0 amide bonds. The van der Waals surface area contributed by atoms with Crippen LogP contribution in [0.5, 0.6) is 5.75 Å². The van der Waals surface area contributed by atoms with E-state index in [4.69, 9.17) is 0 Å². The maximum absolute atomic E-state index is 12.7. The third-order valence-corrected chi connectivity index (χ3v) is 2.45. The van der Waals surface area contributed by atoms with E-state index >= 15 is 0 Å². The molecular weight excluding hydrogens is 296 g/mol. The van der Waals surface area contributed by atoms with Crippen molar-refractivity contribution in [2.45, 2.75) is 25.4 Å². The highest BCUT2D eigenvalue weighted by Crippen LogP contribution is 2.28. The number of carbonyl (C=O) groups excluding carboxylic acids is 2. The van der Waals surface area contributed by atoms with Crippen molar-refractivity contribution in [1.29, 1.82) is 0 Å². The molecule has 0 spiro atoms. The second kappa shape index (κ2) is 7.05. The third-order valence-electron chi connectivity index (χ3n) is 2.45. The fraction of sp³-hybridized carbons (Fsp3) is 0.385. The zero-order valence-electron chi connectivity index (χ0n) is 10.9. The van der Waals surface area contributed by atoms with Gasteiger partial charge < -0.3 is 9.47 Å². The van der Waals surface area contributed by atoms with Gasteiger partial charge in [0.2, 0.25) is 0 Å². The number of Topliss-reactive ketones (excluding diaryl/α,β-unsaturated/α-hetero) is 1. The smallest absolute Gasteiger partial charge is 0.461 e. The molecule has 4 nitrogen and oxygen atoms in total. The molecule has 0 bridgehead atoms. The SMILES string of the molecule is COC(=O)CCC(=O)c1cccc(OC(F)(F)C(F)F)c1. The number of alkyl halides is 4. The molecule has 0 N–H and O–H groups in total. The van der Waals surface area contributed by atoms with E-state index in [9.17, 15) is 27.2 Å². The summed E-state index contributed by atoms with van der Waals surface area (Å²) < 4.78 is 57.7. The highest BCUT2D eigenvalue weighted by atomic mass is 19.3. The molecule has 0 fully saturated rings. The summed E-state index contributed by atoms with van der Waals surface area (Å²) in [6.45, 7) is 0. The molecule has 0 aliphatic carbocycles. The maximum atomic E-state index is 12.7. The standard InChI is InChI=1S/C13H12F4O4/c1-20-11(19)6-5-10(18)8-3-2-4-9(7-8)21-13(16,17)12(14)15/h2-4,7,12H,5-6H2,1H3. The first-order valence-electron chi connectivity index (χ1n) is 5.81. The van der Waals surface area contributed by atoms with Crippen LogP contribution in [-0.2, 0) is 9.53 Å². The van der Waals surface area contributed by atoms with Crippen molar-refractivity contribution in [2.24, 2.45) is 0 Å². The van der Waals surface area contributed by atoms with Crippen LogP contribution in [-0.4, -0.2) is 31.4 Å². The van der Waals surface area contributed by atoms with Crippen LogP contribution < -0.4 is 4.74 Å². The number of methoxy groups -OCH3 is 1. The molecule has 0 aliphatic heterocycles. The van der Waals surface area contributed by atoms with Gasteiger partial charge in [-0.15, -0.1) is 0 Å². The van der Waals surface area contributed by atoms with Crippen molar-refractivity contribution in [3.05, 3.63) is 29.8 Å². The largest absolute Gasteiger partial charge is 0.469 e. The van der Waals surface area contributed by atoms with Gasteiger partial charge in [0.25, 0.3) is 0 Å². The van der Waals surface area contributed by atoms with Gasteiger partial charge in [0.05, 0.1) is 13.5 Å². The van der Waals surface area contributed by atoms with E-state index in [1.807, 2.05) is 0 Å². The summed E-state index contributed by atoms with van der Waals surface area (Å²) in [4.78, 5) is 22.6. The van der Waals surface area contributed by atoms with Gasteiger partial charge in [-0.2, -0.15) is 17.6 Å². The molecule has 0 aromatic heterocycles. The first kappa shape index (κ1) is 16.9. The zero-order chi connectivity index (χ0) is 16.0. The minimum absolute atomic E-state index is 0.0264. The fourth-order valence-electron chi connectivity index (χ4n) is 1.40. The van der Waals surface area contributed by atoms with E-state index in [1.54, 1.807) is 0 Å². The number of ether oxygens (including phenoxy) is 2. The van der Waals surface area contributed by atoms with Crippen LogP contribution in [0.1, 0.15) is 23.2 Å². The number of halogens is 4. The summed E-state index contributed by atoms with van der Waals surface area (Å²) in [5.74, 6) is -1.68. The average molecular weight is 308 g/mol. The number of ketones is 1. The van der Waals surface area contributed by atoms with E-state index in [-0.39, 0.29) is 18.4 Å². The number of hydrogen-bond acceptors (Lipinski definition) is 4. The van der Waals surface area contributed by atoms with Crippen LogP contribution in [0.4, 0.5) is 17.6 Å². The molecule has 1 aromatic carbocycles. The Balaban J connectivity index is 2.76. The Labute approximate surface area is 117 Å². The van der Waals surface area contributed by atoms with Crippen molar-refractivity contribution >= 4 is 11.8 Å². The predicted octanol–water partition coefficient (Wildman–Crippen LogP) is 3.06. The van der Waals surface area contributed by atoms with Gasteiger partial charge in [-0.1, -0.05) is 12.1 Å². The van der Waals surface area contributed by atoms with E-state index in [2.05, 4.69) is 9.47 Å². The molecular formula is C13H12F4O4. The van der Waals surface area contributed by atoms with Gasteiger partial charge in [0, 0.05) is 12.0 Å². The van der Waals surface area contributed by atoms with Gasteiger partial charge in [0.15, 0.2) is 5.78 Å². The molecule has 0 heterocycles. The summed E-state index contributed by atoms with van der Waals surface area (Å²) in [6, 6.07) is 4.44. The summed E-state index contributed by atoms with van der Waals surface area (Å²) in [7, 11) is 1.16. The van der Waals surface area contributed by atoms with Crippen LogP contribution >= 0.6 is 0 Å². The second-order valence-corrected chi connectivity index (χ2v) is 3.99. The Bertz CT molecular complexity index is 517. The van der Waals surface area contributed by atoms with Gasteiger partial charge in [-0.05, 0) is 12.1 Å². The van der Waals surface area contributed by atoms with E-state index < -0.39 is 30.0 Å². The highest BCUT2D eigenvalue weighted by molar-refractivity contribution is 5.97. The number of benzene rings is 1. The summed E-state index contributed by atoms with van der Waals surface area (Å²) in [5.41, 5.74) is -0.0264. The Hall–Kier alpha value is -2.12. The molecule has 1 rings (SSSR count). The number of rotatable bonds is 7. The molecule has 0 aliphatic rings. The molecule has 116 valence electrons. The van der Waals surface area contributed by atoms with Gasteiger partial charge in [0.1, 0.15) is 5.75 Å². The van der Waals surface area contributed by atoms with Crippen LogP contribution in [0.3, 0.4) is 0 Å². The first-order chi connectivity index (χ1) is 9.76. The Morgan fingerprint density at radius 3 is 2.48 bits per heavy atom. The Kier molecular flexibility index (Phi) is 5.69. The average Bonchev–Trinajstić information content (AvgIpc) is 2.43. The molecule has 21 heavy (non-hydrogen) atoms. The minimum atomic E-state index is -4.65. The third kappa shape index (κ3) is 5.05. The van der Waals surface area contributed by atoms with Gasteiger partial charge in [-0.25, -0.2) is 0 Å². The van der Waals surface area contributed by atoms with Crippen molar-refractivity contribution in [3.63, 3.8) is 0 Å². The first-order valence-corrected chi connectivity index (χ1v) is 5.81. The predicted molar refractivity (Wildman–Crippen MR) is 63.6 cm³/mol. The lowest BCUT2D eigenvalue weighted by Crippen LogP contribution is -2.33. The number of esters is 1. The van der Waals surface area contributed by atoms with Crippen LogP contribution in [0.15, 0.2) is 24.3 Å². The van der Waals surface area contributed by atoms with E-state index in [0.717, 1.165) is 19.2 Å². The highest BCUT2D eigenvalue weighted by Gasteiger charge is 2.44. The second-order valence-electron chi connectivity index (χ2n) is 3.99. The molecule has 1 aromatic rings. The molecule has 0 unspecified atom stereocenters. The normalized spacial score (nSPS) is 11.3. The Morgan fingerprint density at radius 2 is 1.90 bits per heavy atom. The van der Waals surface area contributed by atoms with Gasteiger partial charge >= 0.3 is 18.5 Å². The van der Waals surface area contributed by atoms with Crippen LogP contribution in [0, 0.1) is 0 Å². The number of carbonyl (C=O) groups is 2. The van der Waals surface area contributed by atoms with Crippen LogP contribution in [0.2, 0.25) is 0 Å². The van der Waals surface area contributed by atoms with Crippen molar-refractivity contribution < 1.29 is 36.6 Å². The Morgan fingerprint density at radius 1 is 1.24 bits per heavy atom. The molecule has 0 radical (unpaired) electrons. The monoisotopic (exact) mass is 308 g/mol. The summed E-state index contributed by atoms with van der Waals surface area (Å²) >= 11 is 0. The van der Waals surface area contributed by atoms with Crippen molar-refractivity contribution in [1.82, 2.24) is 0 Å². The fourth-order valence-corrected chi connectivity index (χ4v) is 1.40. The van der Waals surface area contributed by atoms with Crippen molar-refractivity contribution in [3.8, 4) is 5.75 Å².